The average Bonchev–Trinajstić information content (AvgIpc) is 3.31. The number of aliphatic imine (C=N–C) groups is 1. The van der Waals surface area contributed by atoms with Gasteiger partial charge in [0.05, 0.1) is 19.8 Å². The Morgan fingerprint density at radius 2 is 2.16 bits per heavy atom. The Hall–Kier alpha value is -2.65. The van der Waals surface area contributed by atoms with Gasteiger partial charge in [-0.1, -0.05) is 12.1 Å². The van der Waals surface area contributed by atoms with Crippen LogP contribution in [0.25, 0.3) is 0 Å². The fourth-order valence-electron chi connectivity index (χ4n) is 3.51. The molecule has 0 aromatic heterocycles. The van der Waals surface area contributed by atoms with Gasteiger partial charge in [0.1, 0.15) is 0 Å². The van der Waals surface area contributed by atoms with E-state index in [2.05, 4.69) is 20.9 Å². The maximum absolute atomic E-state index is 12.5. The van der Waals surface area contributed by atoms with E-state index in [1.54, 1.807) is 24.1 Å². The maximum atomic E-state index is 12.5. The number of guanidine groups is 1. The highest BCUT2D eigenvalue weighted by molar-refractivity contribution is 5.97. The van der Waals surface area contributed by atoms with Gasteiger partial charge in [-0.25, -0.2) is 0 Å². The summed E-state index contributed by atoms with van der Waals surface area (Å²) in [5.41, 5.74) is 1.63. The second kappa shape index (κ2) is 12.3. The van der Waals surface area contributed by atoms with Gasteiger partial charge in [0.2, 0.25) is 5.91 Å². The summed E-state index contributed by atoms with van der Waals surface area (Å²) in [6.45, 7) is 5.69. The van der Waals surface area contributed by atoms with Gasteiger partial charge in [-0.15, -0.1) is 0 Å². The minimum atomic E-state index is -0.116. The van der Waals surface area contributed by atoms with Crippen molar-refractivity contribution in [2.75, 3.05) is 59.7 Å². The molecule has 0 radical (unpaired) electrons. The fourth-order valence-corrected chi connectivity index (χ4v) is 3.51. The first-order valence-corrected chi connectivity index (χ1v) is 10.9. The maximum Gasteiger partial charge on any atom is 0.254 e. The van der Waals surface area contributed by atoms with Crippen molar-refractivity contribution < 1.29 is 19.1 Å². The summed E-state index contributed by atoms with van der Waals surface area (Å²) in [5.74, 6) is 1.04. The largest absolute Gasteiger partial charge is 0.381 e. The van der Waals surface area contributed by atoms with Crippen molar-refractivity contribution in [2.45, 2.75) is 19.4 Å². The van der Waals surface area contributed by atoms with Crippen molar-refractivity contribution in [2.24, 2.45) is 10.9 Å². The van der Waals surface area contributed by atoms with Gasteiger partial charge in [-0.3, -0.25) is 14.6 Å². The van der Waals surface area contributed by atoms with Crippen LogP contribution in [-0.2, 0) is 20.8 Å². The van der Waals surface area contributed by atoms with Crippen molar-refractivity contribution in [3.8, 4) is 0 Å². The minimum absolute atomic E-state index is 0.115. The molecular weight excluding hydrogens is 398 g/mol. The van der Waals surface area contributed by atoms with Gasteiger partial charge in [0, 0.05) is 57.9 Å². The minimum Gasteiger partial charge on any atom is -0.381 e. The molecule has 9 heteroatoms. The first kappa shape index (κ1) is 23.0. The van der Waals surface area contributed by atoms with Crippen molar-refractivity contribution in [3.63, 3.8) is 0 Å². The molecule has 2 heterocycles. The second-order valence-electron chi connectivity index (χ2n) is 7.78. The van der Waals surface area contributed by atoms with Crippen LogP contribution in [0.1, 0.15) is 28.8 Å². The summed E-state index contributed by atoms with van der Waals surface area (Å²) in [7, 11) is 1.74. The van der Waals surface area contributed by atoms with Crippen LogP contribution in [0.2, 0.25) is 0 Å². The Balaban J connectivity index is 1.33. The third-order valence-corrected chi connectivity index (χ3v) is 5.35. The molecule has 9 nitrogen and oxygen atoms in total. The molecule has 3 N–H and O–H groups in total. The molecule has 1 unspecified atom stereocenters. The number of ether oxygens (including phenoxy) is 2. The summed E-state index contributed by atoms with van der Waals surface area (Å²) in [5, 5.41) is 9.28. The van der Waals surface area contributed by atoms with Crippen molar-refractivity contribution >= 4 is 17.8 Å². The topological polar surface area (TPSA) is 104 Å². The molecule has 31 heavy (non-hydrogen) atoms. The lowest BCUT2D eigenvalue weighted by Crippen LogP contribution is -2.49. The Morgan fingerprint density at radius 1 is 1.32 bits per heavy atom. The van der Waals surface area contributed by atoms with Crippen LogP contribution < -0.4 is 16.0 Å². The number of carbonyl (C=O) groups excluding carboxylic acids is 2. The number of amides is 2. The Kier molecular flexibility index (Phi) is 9.11. The molecule has 0 saturated carbocycles. The third kappa shape index (κ3) is 7.52. The van der Waals surface area contributed by atoms with E-state index >= 15 is 0 Å². The van der Waals surface area contributed by atoms with E-state index in [-0.39, 0.29) is 18.4 Å². The van der Waals surface area contributed by atoms with Crippen molar-refractivity contribution in [3.05, 3.63) is 35.4 Å². The number of benzene rings is 1. The number of piperazine rings is 1. The van der Waals surface area contributed by atoms with E-state index in [1.165, 1.54) is 0 Å². The van der Waals surface area contributed by atoms with E-state index < -0.39 is 0 Å². The van der Waals surface area contributed by atoms with Crippen LogP contribution in [0, 0.1) is 5.92 Å². The van der Waals surface area contributed by atoms with Crippen molar-refractivity contribution in [1.29, 1.82) is 0 Å². The van der Waals surface area contributed by atoms with Crippen LogP contribution >= 0.6 is 0 Å². The molecule has 1 atom stereocenters. The number of carbonyl (C=O) groups is 2. The molecule has 3 rings (SSSR count). The summed E-state index contributed by atoms with van der Waals surface area (Å²) in [4.78, 5) is 29.8. The lowest BCUT2D eigenvalue weighted by molar-refractivity contribution is -0.123. The fraction of sp³-hybridized carbons (Fsp3) is 0.591. The second-order valence-corrected chi connectivity index (χ2v) is 7.78. The molecule has 2 saturated heterocycles. The van der Waals surface area contributed by atoms with E-state index in [1.807, 2.05) is 12.1 Å². The number of rotatable bonds is 9. The zero-order valence-electron chi connectivity index (χ0n) is 18.2. The smallest absolute Gasteiger partial charge is 0.254 e. The Labute approximate surface area is 183 Å². The van der Waals surface area contributed by atoms with Crippen LogP contribution in [0.15, 0.2) is 29.3 Å². The van der Waals surface area contributed by atoms with Gasteiger partial charge in [-0.05, 0) is 30.5 Å². The number of hydrogen-bond donors (Lipinski definition) is 3. The van der Waals surface area contributed by atoms with Crippen LogP contribution in [0.5, 0.6) is 0 Å². The molecule has 0 aliphatic carbocycles. The lowest BCUT2D eigenvalue weighted by Gasteiger charge is -2.26. The Bertz CT molecular complexity index is 747. The molecule has 1 aromatic carbocycles. The first-order chi connectivity index (χ1) is 15.2. The summed E-state index contributed by atoms with van der Waals surface area (Å²) >= 11 is 0. The Morgan fingerprint density at radius 3 is 2.87 bits per heavy atom. The van der Waals surface area contributed by atoms with Gasteiger partial charge in [-0.2, -0.15) is 0 Å². The van der Waals surface area contributed by atoms with Crippen LogP contribution in [0.3, 0.4) is 0 Å². The molecule has 170 valence electrons. The van der Waals surface area contributed by atoms with Gasteiger partial charge >= 0.3 is 0 Å². The number of nitrogens with zero attached hydrogens (tertiary/aromatic N) is 2. The van der Waals surface area contributed by atoms with Gasteiger partial charge < -0.3 is 30.3 Å². The highest BCUT2D eigenvalue weighted by Crippen LogP contribution is 2.12. The first-order valence-electron chi connectivity index (χ1n) is 10.9. The van der Waals surface area contributed by atoms with E-state index in [4.69, 9.17) is 9.47 Å². The van der Waals surface area contributed by atoms with Crippen LogP contribution in [-0.4, -0.2) is 82.3 Å². The molecule has 2 amide bonds. The molecule has 2 fully saturated rings. The molecule has 0 bridgehead atoms. The number of hydrogen-bond acceptors (Lipinski definition) is 5. The standard InChI is InChI=1S/C22H33N5O4/c1-23-22(25-8-2-11-30-15-18-7-12-31-16-18)26-13-17-3-5-19(6-4-17)21(29)27-10-9-24-20(28)14-27/h3-6,18H,2,7-16H2,1H3,(H,24,28)(H2,23,25,26). The monoisotopic (exact) mass is 431 g/mol. The molecule has 1 aromatic rings. The quantitative estimate of drug-likeness (QED) is 0.296. The molecule has 0 spiro atoms. The van der Waals surface area contributed by atoms with E-state index in [0.29, 0.717) is 37.7 Å². The zero-order chi connectivity index (χ0) is 21.9. The average molecular weight is 432 g/mol. The summed E-state index contributed by atoms with van der Waals surface area (Å²) < 4.78 is 11.1. The summed E-state index contributed by atoms with van der Waals surface area (Å²) in [6.07, 6.45) is 2.00. The SMILES string of the molecule is CN=C(NCCCOCC1CCOC1)NCc1ccc(C(=O)N2CCNC(=O)C2)cc1. The normalized spacial score (nSPS) is 19.3. The molecule has 2 aliphatic rings. The van der Waals surface area contributed by atoms with Crippen LogP contribution in [0.4, 0.5) is 0 Å². The highest BCUT2D eigenvalue weighted by atomic mass is 16.5. The predicted molar refractivity (Wildman–Crippen MR) is 118 cm³/mol. The van der Waals surface area contributed by atoms with Crippen molar-refractivity contribution in [1.82, 2.24) is 20.9 Å². The lowest BCUT2D eigenvalue weighted by atomic mass is 10.1. The number of nitrogens with one attached hydrogen (secondary N) is 3. The van der Waals surface area contributed by atoms with Gasteiger partial charge in [0.15, 0.2) is 5.96 Å². The van der Waals surface area contributed by atoms with Gasteiger partial charge in [0.25, 0.3) is 5.91 Å². The van der Waals surface area contributed by atoms with E-state index in [0.717, 1.165) is 50.7 Å². The third-order valence-electron chi connectivity index (χ3n) is 5.35. The highest BCUT2D eigenvalue weighted by Gasteiger charge is 2.22. The van der Waals surface area contributed by atoms with E-state index in [9.17, 15) is 9.59 Å². The molecular formula is C22H33N5O4. The predicted octanol–water partition coefficient (Wildman–Crippen LogP) is 0.367. The molecule has 2 aliphatic heterocycles. The summed E-state index contributed by atoms with van der Waals surface area (Å²) in [6, 6.07) is 7.43. The zero-order valence-corrected chi connectivity index (χ0v) is 18.2.